The standard InChI is InChI=1S/C24H17F6N/c1-15-4-2-3-5-18(15)10-20(14-31)17-8-6-16(7-9-17)19-11-21(23(25,26)27)13-22(12-19)24(28,29)30/h2-14H,1,31H2/b18-10-,20-14+. The minimum atomic E-state index is -4.90. The summed E-state index contributed by atoms with van der Waals surface area (Å²) in [6.45, 7) is 3.93. The zero-order valence-corrected chi connectivity index (χ0v) is 16.1. The van der Waals surface area contributed by atoms with Gasteiger partial charge in [0.1, 0.15) is 0 Å². The fourth-order valence-electron chi connectivity index (χ4n) is 3.05. The lowest BCUT2D eigenvalue weighted by molar-refractivity contribution is -0.143. The number of hydrogen-bond acceptors (Lipinski definition) is 1. The third-order valence-electron chi connectivity index (χ3n) is 4.68. The summed E-state index contributed by atoms with van der Waals surface area (Å²) in [5.41, 5.74) is 4.32. The number of hydrogen-bond donors (Lipinski definition) is 1. The monoisotopic (exact) mass is 433 g/mol. The SMILES string of the molecule is C=c1cccc/c1=C/C(=C\N)c1ccc(-c2cc(C(F)(F)F)cc(C(F)(F)F)c2)cc1. The normalized spacial score (nSPS) is 13.5. The van der Waals surface area contributed by atoms with Gasteiger partial charge in [0.25, 0.3) is 0 Å². The van der Waals surface area contributed by atoms with E-state index in [-0.39, 0.29) is 17.2 Å². The topological polar surface area (TPSA) is 26.0 Å². The van der Waals surface area contributed by atoms with Gasteiger partial charge in [-0.25, -0.2) is 0 Å². The molecule has 0 unspecified atom stereocenters. The minimum Gasteiger partial charge on any atom is -0.404 e. The highest BCUT2D eigenvalue weighted by Crippen LogP contribution is 2.38. The highest BCUT2D eigenvalue weighted by molar-refractivity contribution is 5.88. The van der Waals surface area contributed by atoms with Crippen LogP contribution in [0.25, 0.3) is 29.4 Å². The maximum Gasteiger partial charge on any atom is 0.416 e. The van der Waals surface area contributed by atoms with E-state index in [2.05, 4.69) is 6.58 Å². The Labute approximate surface area is 174 Å². The fraction of sp³-hybridized carbons (Fsp3) is 0.0833. The van der Waals surface area contributed by atoms with Gasteiger partial charge < -0.3 is 5.73 Å². The summed E-state index contributed by atoms with van der Waals surface area (Å²) in [6, 6.07) is 15.0. The molecule has 0 aliphatic rings. The van der Waals surface area contributed by atoms with Crippen molar-refractivity contribution in [3.05, 3.63) is 100 Å². The third kappa shape index (κ3) is 5.17. The van der Waals surface area contributed by atoms with E-state index < -0.39 is 23.5 Å². The van der Waals surface area contributed by atoms with Gasteiger partial charge in [0.15, 0.2) is 0 Å². The predicted octanol–water partition coefficient (Wildman–Crippen LogP) is 5.58. The first-order valence-electron chi connectivity index (χ1n) is 9.07. The van der Waals surface area contributed by atoms with Crippen molar-refractivity contribution in [1.82, 2.24) is 0 Å². The van der Waals surface area contributed by atoms with Gasteiger partial charge in [-0.1, -0.05) is 55.1 Å². The summed E-state index contributed by atoms with van der Waals surface area (Å²) in [6.07, 6.45) is -6.64. The van der Waals surface area contributed by atoms with Gasteiger partial charge in [-0.2, -0.15) is 26.3 Å². The molecule has 2 N–H and O–H groups in total. The van der Waals surface area contributed by atoms with Crippen molar-refractivity contribution in [1.29, 1.82) is 0 Å². The average molecular weight is 433 g/mol. The molecule has 0 heterocycles. The summed E-state index contributed by atoms with van der Waals surface area (Å²) in [5.74, 6) is 0. The van der Waals surface area contributed by atoms with Crippen LogP contribution in [0.3, 0.4) is 0 Å². The van der Waals surface area contributed by atoms with Gasteiger partial charge in [-0.3, -0.25) is 0 Å². The van der Waals surface area contributed by atoms with Gasteiger partial charge in [-0.05, 0) is 57.0 Å². The van der Waals surface area contributed by atoms with E-state index in [1.54, 1.807) is 18.2 Å². The van der Waals surface area contributed by atoms with E-state index in [1.807, 2.05) is 24.3 Å². The Morgan fingerprint density at radius 3 is 1.77 bits per heavy atom. The molecule has 3 rings (SSSR count). The van der Waals surface area contributed by atoms with E-state index in [0.717, 1.165) is 10.4 Å². The molecule has 7 heteroatoms. The maximum atomic E-state index is 13.1. The van der Waals surface area contributed by atoms with Crippen LogP contribution in [0.2, 0.25) is 0 Å². The van der Waals surface area contributed by atoms with Crippen LogP contribution in [-0.4, -0.2) is 0 Å². The van der Waals surface area contributed by atoms with Crippen LogP contribution in [0.15, 0.2) is 72.9 Å². The Morgan fingerprint density at radius 1 is 0.742 bits per heavy atom. The third-order valence-corrected chi connectivity index (χ3v) is 4.68. The molecule has 0 aromatic heterocycles. The highest BCUT2D eigenvalue weighted by Gasteiger charge is 2.37. The van der Waals surface area contributed by atoms with E-state index in [1.165, 1.54) is 18.3 Å². The molecule has 0 saturated carbocycles. The van der Waals surface area contributed by atoms with Crippen molar-refractivity contribution in [2.24, 2.45) is 5.73 Å². The maximum absolute atomic E-state index is 13.1. The Hall–Kier alpha value is -3.48. The van der Waals surface area contributed by atoms with Crippen molar-refractivity contribution >= 4 is 18.2 Å². The van der Waals surface area contributed by atoms with Crippen LogP contribution in [0.4, 0.5) is 26.3 Å². The lowest BCUT2D eigenvalue weighted by Crippen LogP contribution is -2.21. The van der Waals surface area contributed by atoms with Crippen LogP contribution in [-0.2, 0) is 12.4 Å². The van der Waals surface area contributed by atoms with Crippen molar-refractivity contribution in [2.45, 2.75) is 12.4 Å². The summed E-state index contributed by atoms with van der Waals surface area (Å²) in [7, 11) is 0. The zero-order chi connectivity index (χ0) is 22.8. The number of nitrogens with two attached hydrogens (primary N) is 1. The molecule has 0 spiro atoms. The second-order valence-electron chi connectivity index (χ2n) is 6.84. The molecule has 31 heavy (non-hydrogen) atoms. The second-order valence-corrected chi connectivity index (χ2v) is 6.84. The molecule has 0 saturated heterocycles. The highest BCUT2D eigenvalue weighted by atomic mass is 19.4. The van der Waals surface area contributed by atoms with Crippen LogP contribution >= 0.6 is 0 Å². The Morgan fingerprint density at radius 2 is 1.29 bits per heavy atom. The molecular formula is C24H17F6N. The Balaban J connectivity index is 2.04. The zero-order valence-electron chi connectivity index (χ0n) is 16.1. The molecular weight excluding hydrogens is 416 g/mol. The predicted molar refractivity (Wildman–Crippen MR) is 110 cm³/mol. The average Bonchev–Trinajstić information content (AvgIpc) is 2.72. The van der Waals surface area contributed by atoms with Gasteiger partial charge in [-0.15, -0.1) is 0 Å². The van der Waals surface area contributed by atoms with Crippen LogP contribution in [0, 0.1) is 0 Å². The van der Waals surface area contributed by atoms with E-state index in [0.29, 0.717) is 23.3 Å². The first-order chi connectivity index (χ1) is 14.5. The van der Waals surface area contributed by atoms with Gasteiger partial charge in [0, 0.05) is 6.20 Å². The van der Waals surface area contributed by atoms with Crippen molar-refractivity contribution in [2.75, 3.05) is 0 Å². The van der Waals surface area contributed by atoms with Gasteiger partial charge in [0.2, 0.25) is 0 Å². The van der Waals surface area contributed by atoms with Gasteiger partial charge in [0.05, 0.1) is 11.1 Å². The first-order valence-corrected chi connectivity index (χ1v) is 9.07. The molecule has 160 valence electrons. The first kappa shape index (κ1) is 22.2. The Kier molecular flexibility index (Phi) is 5.97. The van der Waals surface area contributed by atoms with E-state index >= 15 is 0 Å². The molecule has 0 amide bonds. The fourth-order valence-corrected chi connectivity index (χ4v) is 3.05. The number of alkyl halides is 6. The van der Waals surface area contributed by atoms with E-state index in [4.69, 9.17) is 5.73 Å². The molecule has 3 aromatic carbocycles. The molecule has 0 bridgehead atoms. The van der Waals surface area contributed by atoms with Crippen molar-refractivity contribution in [3.8, 4) is 11.1 Å². The second kappa shape index (κ2) is 8.34. The number of allylic oxidation sites excluding steroid dienone is 1. The van der Waals surface area contributed by atoms with Crippen LogP contribution < -0.4 is 16.2 Å². The summed E-state index contributed by atoms with van der Waals surface area (Å²) < 4.78 is 78.7. The molecule has 0 radical (unpaired) electrons. The van der Waals surface area contributed by atoms with Crippen LogP contribution in [0.5, 0.6) is 0 Å². The molecule has 1 nitrogen and oxygen atoms in total. The Bertz CT molecular complexity index is 1190. The van der Waals surface area contributed by atoms with Crippen LogP contribution in [0.1, 0.15) is 16.7 Å². The summed E-state index contributed by atoms with van der Waals surface area (Å²) in [5, 5.41) is 1.61. The molecule has 3 aromatic rings. The molecule has 0 fully saturated rings. The summed E-state index contributed by atoms with van der Waals surface area (Å²) in [4.78, 5) is 0. The largest absolute Gasteiger partial charge is 0.416 e. The number of halogens is 6. The lowest BCUT2D eigenvalue weighted by atomic mass is 9.96. The molecule has 0 aliphatic carbocycles. The van der Waals surface area contributed by atoms with E-state index in [9.17, 15) is 26.3 Å². The smallest absolute Gasteiger partial charge is 0.404 e. The minimum absolute atomic E-state index is 0.109. The number of benzene rings is 3. The number of rotatable bonds is 3. The summed E-state index contributed by atoms with van der Waals surface area (Å²) >= 11 is 0. The van der Waals surface area contributed by atoms with Gasteiger partial charge >= 0.3 is 12.4 Å². The molecule has 0 aliphatic heterocycles. The van der Waals surface area contributed by atoms with Crippen molar-refractivity contribution < 1.29 is 26.3 Å². The molecule has 0 atom stereocenters. The van der Waals surface area contributed by atoms with Crippen molar-refractivity contribution in [3.63, 3.8) is 0 Å². The quantitative estimate of drug-likeness (QED) is 0.536. The lowest BCUT2D eigenvalue weighted by Gasteiger charge is -2.14.